The Morgan fingerprint density at radius 1 is 0.938 bits per heavy atom. The van der Waals surface area contributed by atoms with Crippen LogP contribution in [0.25, 0.3) is 0 Å². The number of carbonyl (C=O) groups is 2. The smallest absolute Gasteiger partial charge is 0.240 e. The van der Waals surface area contributed by atoms with Crippen molar-refractivity contribution >= 4 is 27.5 Å². The molecule has 172 valence electrons. The third-order valence-corrected chi connectivity index (χ3v) is 6.95. The average molecular weight is 458 g/mol. The molecule has 0 radical (unpaired) electrons. The van der Waals surface area contributed by atoms with Crippen LogP contribution >= 0.6 is 0 Å². The first-order valence-electron chi connectivity index (χ1n) is 11.1. The predicted octanol–water partition coefficient (Wildman–Crippen LogP) is 3.11. The van der Waals surface area contributed by atoms with Crippen molar-refractivity contribution in [2.24, 2.45) is 0 Å². The predicted molar refractivity (Wildman–Crippen MR) is 125 cm³/mol. The van der Waals surface area contributed by atoms with Crippen molar-refractivity contribution in [1.82, 2.24) is 9.62 Å². The summed E-state index contributed by atoms with van der Waals surface area (Å²) >= 11 is 0. The molecular formula is C24H31N3O4S. The van der Waals surface area contributed by atoms with Gasteiger partial charge in [-0.2, -0.15) is 0 Å². The van der Waals surface area contributed by atoms with E-state index in [-0.39, 0.29) is 23.1 Å². The quantitative estimate of drug-likeness (QED) is 0.573. The Labute approximate surface area is 190 Å². The van der Waals surface area contributed by atoms with Gasteiger partial charge in [-0.05, 0) is 61.1 Å². The molecule has 2 amide bonds. The highest BCUT2D eigenvalue weighted by Gasteiger charge is 2.18. The Morgan fingerprint density at radius 2 is 1.56 bits per heavy atom. The summed E-state index contributed by atoms with van der Waals surface area (Å²) in [7, 11) is -3.48. The highest BCUT2D eigenvalue weighted by Crippen LogP contribution is 2.15. The number of benzene rings is 2. The standard InChI is InChI=1S/C24H31N3O4S/c1-2-15-25-32(30,31)22-12-7-19(8-13-22)9-14-23(28)26-21-10-5-20(6-11-21)18-24(29)27-16-3-4-17-27/h5-8,10-13,25H,2-4,9,14-18H2,1H3,(H,26,28). The van der Waals surface area contributed by atoms with Crippen LogP contribution < -0.4 is 10.0 Å². The van der Waals surface area contributed by atoms with E-state index in [9.17, 15) is 18.0 Å². The number of aryl methyl sites for hydroxylation is 1. The summed E-state index contributed by atoms with van der Waals surface area (Å²) in [5.41, 5.74) is 2.52. The number of sulfonamides is 1. The minimum atomic E-state index is -3.48. The number of hydrogen-bond donors (Lipinski definition) is 2. The summed E-state index contributed by atoms with van der Waals surface area (Å²) in [5.74, 6) is 0.0338. The molecule has 0 atom stereocenters. The van der Waals surface area contributed by atoms with Crippen LogP contribution in [-0.2, 0) is 32.5 Å². The number of carbonyl (C=O) groups excluding carboxylic acids is 2. The molecule has 7 nitrogen and oxygen atoms in total. The lowest BCUT2D eigenvalue weighted by Gasteiger charge is -2.15. The molecule has 0 spiro atoms. The molecule has 0 saturated carbocycles. The fourth-order valence-electron chi connectivity index (χ4n) is 3.60. The second kappa shape index (κ2) is 11.2. The molecule has 8 heteroatoms. The van der Waals surface area contributed by atoms with E-state index in [0.29, 0.717) is 25.1 Å². The number of rotatable bonds is 10. The molecule has 2 aromatic carbocycles. The normalized spacial score (nSPS) is 13.8. The van der Waals surface area contributed by atoms with Gasteiger partial charge in [-0.1, -0.05) is 31.2 Å². The van der Waals surface area contributed by atoms with Gasteiger partial charge in [-0.15, -0.1) is 0 Å². The highest BCUT2D eigenvalue weighted by atomic mass is 32.2. The van der Waals surface area contributed by atoms with E-state index in [1.54, 1.807) is 24.3 Å². The van der Waals surface area contributed by atoms with E-state index in [2.05, 4.69) is 10.0 Å². The van der Waals surface area contributed by atoms with Gasteiger partial charge in [0.05, 0.1) is 11.3 Å². The molecule has 3 rings (SSSR count). The molecule has 1 fully saturated rings. The van der Waals surface area contributed by atoms with Crippen molar-refractivity contribution in [3.63, 3.8) is 0 Å². The molecule has 0 unspecified atom stereocenters. The lowest BCUT2D eigenvalue weighted by atomic mass is 10.1. The summed E-state index contributed by atoms with van der Waals surface area (Å²) in [6.07, 6.45) is 4.07. The van der Waals surface area contributed by atoms with Crippen molar-refractivity contribution in [3.05, 3.63) is 59.7 Å². The second-order valence-corrected chi connectivity index (χ2v) is 9.82. The molecule has 0 bridgehead atoms. The van der Waals surface area contributed by atoms with Gasteiger partial charge < -0.3 is 10.2 Å². The van der Waals surface area contributed by atoms with Crippen LogP contribution in [0.5, 0.6) is 0 Å². The summed E-state index contributed by atoms with van der Waals surface area (Å²) in [5, 5.41) is 2.87. The maximum absolute atomic E-state index is 12.3. The maximum atomic E-state index is 12.3. The third kappa shape index (κ3) is 6.90. The number of amides is 2. The van der Waals surface area contributed by atoms with Crippen molar-refractivity contribution < 1.29 is 18.0 Å². The van der Waals surface area contributed by atoms with Gasteiger partial charge in [0.25, 0.3) is 0 Å². The monoisotopic (exact) mass is 457 g/mol. The zero-order valence-corrected chi connectivity index (χ0v) is 19.3. The van der Waals surface area contributed by atoms with E-state index in [1.807, 2.05) is 36.1 Å². The zero-order chi connectivity index (χ0) is 23.0. The molecule has 1 aliphatic heterocycles. The molecule has 2 aromatic rings. The van der Waals surface area contributed by atoms with Gasteiger partial charge >= 0.3 is 0 Å². The number of nitrogens with one attached hydrogen (secondary N) is 2. The van der Waals surface area contributed by atoms with Gasteiger partial charge in [0, 0.05) is 31.7 Å². The van der Waals surface area contributed by atoms with Crippen LogP contribution in [-0.4, -0.2) is 44.8 Å². The molecule has 32 heavy (non-hydrogen) atoms. The van der Waals surface area contributed by atoms with Crippen molar-refractivity contribution in [2.75, 3.05) is 25.0 Å². The molecular weight excluding hydrogens is 426 g/mol. The molecule has 1 aliphatic rings. The molecule has 1 saturated heterocycles. The minimum Gasteiger partial charge on any atom is -0.342 e. The Morgan fingerprint density at radius 3 is 2.19 bits per heavy atom. The topological polar surface area (TPSA) is 95.6 Å². The van der Waals surface area contributed by atoms with Crippen molar-refractivity contribution in [1.29, 1.82) is 0 Å². The van der Waals surface area contributed by atoms with Crippen LogP contribution in [0, 0.1) is 0 Å². The largest absolute Gasteiger partial charge is 0.342 e. The van der Waals surface area contributed by atoms with Crippen molar-refractivity contribution in [2.45, 2.75) is 50.3 Å². The van der Waals surface area contributed by atoms with Gasteiger partial charge in [-0.3, -0.25) is 9.59 Å². The van der Waals surface area contributed by atoms with E-state index in [0.717, 1.165) is 43.5 Å². The van der Waals surface area contributed by atoms with E-state index < -0.39 is 10.0 Å². The first kappa shape index (κ1) is 23.9. The Kier molecular flexibility index (Phi) is 8.41. The van der Waals surface area contributed by atoms with Crippen molar-refractivity contribution in [3.8, 4) is 0 Å². The summed E-state index contributed by atoms with van der Waals surface area (Å²) < 4.78 is 26.8. The Hall–Kier alpha value is -2.71. The maximum Gasteiger partial charge on any atom is 0.240 e. The van der Waals surface area contributed by atoms with Crippen LogP contribution in [0.4, 0.5) is 5.69 Å². The molecule has 2 N–H and O–H groups in total. The van der Waals surface area contributed by atoms with E-state index in [4.69, 9.17) is 0 Å². The van der Waals surface area contributed by atoms with Crippen LogP contribution in [0.2, 0.25) is 0 Å². The van der Waals surface area contributed by atoms with Gasteiger partial charge in [0.2, 0.25) is 21.8 Å². The molecule has 0 aliphatic carbocycles. The van der Waals surface area contributed by atoms with E-state index in [1.165, 1.54) is 0 Å². The number of nitrogens with zero attached hydrogens (tertiary/aromatic N) is 1. The summed E-state index contributed by atoms with van der Waals surface area (Å²) in [6.45, 7) is 4.00. The minimum absolute atomic E-state index is 0.118. The average Bonchev–Trinajstić information content (AvgIpc) is 3.33. The first-order valence-corrected chi connectivity index (χ1v) is 12.6. The lowest BCUT2D eigenvalue weighted by Crippen LogP contribution is -2.29. The number of hydrogen-bond acceptors (Lipinski definition) is 4. The van der Waals surface area contributed by atoms with Crippen LogP contribution in [0.1, 0.15) is 43.7 Å². The molecule has 0 aromatic heterocycles. The summed E-state index contributed by atoms with van der Waals surface area (Å²) in [4.78, 5) is 26.7. The Balaban J connectivity index is 1.46. The highest BCUT2D eigenvalue weighted by molar-refractivity contribution is 7.89. The van der Waals surface area contributed by atoms with Gasteiger partial charge in [0.1, 0.15) is 0 Å². The molecule has 1 heterocycles. The van der Waals surface area contributed by atoms with Crippen LogP contribution in [0.3, 0.4) is 0 Å². The number of anilines is 1. The fourth-order valence-corrected chi connectivity index (χ4v) is 4.73. The second-order valence-electron chi connectivity index (χ2n) is 8.05. The van der Waals surface area contributed by atoms with Crippen LogP contribution in [0.15, 0.2) is 53.4 Å². The Bertz CT molecular complexity index is 1010. The van der Waals surface area contributed by atoms with Gasteiger partial charge in [-0.25, -0.2) is 13.1 Å². The first-order chi connectivity index (χ1) is 15.4. The number of likely N-dealkylation sites (tertiary alicyclic amines) is 1. The SMILES string of the molecule is CCCNS(=O)(=O)c1ccc(CCC(=O)Nc2ccc(CC(=O)N3CCCC3)cc2)cc1. The zero-order valence-electron chi connectivity index (χ0n) is 18.5. The summed E-state index contributed by atoms with van der Waals surface area (Å²) in [6, 6.07) is 14.0. The van der Waals surface area contributed by atoms with Gasteiger partial charge in [0.15, 0.2) is 0 Å². The third-order valence-electron chi connectivity index (χ3n) is 5.47. The van der Waals surface area contributed by atoms with E-state index >= 15 is 0 Å². The lowest BCUT2D eigenvalue weighted by molar-refractivity contribution is -0.129. The fraction of sp³-hybridized carbons (Fsp3) is 0.417.